The second-order valence-corrected chi connectivity index (χ2v) is 9.69. The Kier molecular flexibility index (Phi) is 4.97. The Labute approximate surface area is 179 Å². The molecule has 5 rings (SSSR count). The minimum absolute atomic E-state index is 0.00813. The summed E-state index contributed by atoms with van der Waals surface area (Å²) < 4.78 is 1.18. The average Bonchev–Trinajstić information content (AvgIpc) is 3.46. The summed E-state index contributed by atoms with van der Waals surface area (Å²) in [6, 6.07) is 7.77. The lowest BCUT2D eigenvalue weighted by Gasteiger charge is -2.32. The number of carbonyl (C=O) groups excluding carboxylic acids is 3. The SMILES string of the molecule is O=C(CCN1C(=O)NC2(CCCC2)C1=O)N1CCCC(c2nc3ccccc3s2)C1. The van der Waals surface area contributed by atoms with Crippen molar-refractivity contribution in [1.29, 1.82) is 0 Å². The fourth-order valence-electron chi connectivity index (χ4n) is 5.03. The monoisotopic (exact) mass is 426 g/mol. The third-order valence-corrected chi connectivity index (χ3v) is 7.88. The molecule has 7 nitrogen and oxygen atoms in total. The molecule has 8 heteroatoms. The number of hydrogen-bond donors (Lipinski definition) is 1. The van der Waals surface area contributed by atoms with Crippen molar-refractivity contribution in [2.24, 2.45) is 0 Å². The van der Waals surface area contributed by atoms with Crippen molar-refractivity contribution in [2.45, 2.75) is 56.4 Å². The highest BCUT2D eigenvalue weighted by Crippen LogP contribution is 2.35. The first-order valence-corrected chi connectivity index (χ1v) is 11.6. The van der Waals surface area contributed by atoms with E-state index in [1.165, 1.54) is 9.60 Å². The Balaban J connectivity index is 1.21. The van der Waals surface area contributed by atoms with Crippen LogP contribution in [0.4, 0.5) is 4.79 Å². The highest BCUT2D eigenvalue weighted by Gasteiger charge is 2.52. The van der Waals surface area contributed by atoms with Gasteiger partial charge in [-0.2, -0.15) is 0 Å². The van der Waals surface area contributed by atoms with Crippen molar-refractivity contribution in [2.75, 3.05) is 19.6 Å². The zero-order chi connectivity index (χ0) is 20.7. The number of nitrogens with zero attached hydrogens (tertiary/aromatic N) is 3. The lowest BCUT2D eigenvalue weighted by molar-refractivity contribution is -0.134. The molecule has 30 heavy (non-hydrogen) atoms. The van der Waals surface area contributed by atoms with Crippen molar-refractivity contribution >= 4 is 39.4 Å². The van der Waals surface area contributed by atoms with Gasteiger partial charge in [-0.05, 0) is 37.8 Å². The molecule has 1 saturated carbocycles. The van der Waals surface area contributed by atoms with Gasteiger partial charge in [0.1, 0.15) is 5.54 Å². The van der Waals surface area contributed by atoms with E-state index in [1.54, 1.807) is 11.3 Å². The van der Waals surface area contributed by atoms with Crippen LogP contribution in [0.25, 0.3) is 10.2 Å². The maximum atomic E-state index is 12.9. The van der Waals surface area contributed by atoms with Crippen LogP contribution < -0.4 is 5.32 Å². The summed E-state index contributed by atoms with van der Waals surface area (Å²) >= 11 is 1.71. The summed E-state index contributed by atoms with van der Waals surface area (Å²) in [6.07, 6.45) is 5.48. The molecule has 4 amide bonds. The number of rotatable bonds is 4. The van der Waals surface area contributed by atoms with Crippen LogP contribution in [-0.4, -0.2) is 57.8 Å². The van der Waals surface area contributed by atoms with Gasteiger partial charge in [0, 0.05) is 32.0 Å². The van der Waals surface area contributed by atoms with Gasteiger partial charge >= 0.3 is 6.03 Å². The van der Waals surface area contributed by atoms with E-state index in [0.29, 0.717) is 19.4 Å². The predicted octanol–water partition coefficient (Wildman–Crippen LogP) is 3.26. The molecular weight excluding hydrogens is 400 g/mol. The molecule has 1 aromatic carbocycles. The molecule has 1 N–H and O–H groups in total. The van der Waals surface area contributed by atoms with E-state index >= 15 is 0 Å². The number of nitrogens with one attached hydrogen (secondary N) is 1. The smallest absolute Gasteiger partial charge is 0.325 e. The molecule has 2 saturated heterocycles. The topological polar surface area (TPSA) is 82.6 Å². The number of benzene rings is 1. The van der Waals surface area contributed by atoms with Crippen LogP contribution in [0.15, 0.2) is 24.3 Å². The fourth-order valence-corrected chi connectivity index (χ4v) is 6.13. The molecular formula is C22H26N4O3S. The second-order valence-electron chi connectivity index (χ2n) is 8.62. The zero-order valence-corrected chi connectivity index (χ0v) is 17.7. The number of hydrogen-bond acceptors (Lipinski definition) is 5. The van der Waals surface area contributed by atoms with E-state index in [-0.39, 0.29) is 36.7 Å². The number of urea groups is 1. The Morgan fingerprint density at radius 3 is 2.80 bits per heavy atom. The third kappa shape index (κ3) is 3.37. The largest absolute Gasteiger partial charge is 0.342 e. The van der Waals surface area contributed by atoms with Crippen LogP contribution >= 0.6 is 11.3 Å². The van der Waals surface area contributed by atoms with Gasteiger partial charge in [-0.25, -0.2) is 9.78 Å². The molecule has 1 aromatic heterocycles. The summed E-state index contributed by atoms with van der Waals surface area (Å²) in [7, 11) is 0. The summed E-state index contributed by atoms with van der Waals surface area (Å²) in [4.78, 5) is 45.9. The van der Waals surface area contributed by atoms with Gasteiger partial charge < -0.3 is 10.2 Å². The first-order chi connectivity index (χ1) is 14.6. The number of fused-ring (bicyclic) bond motifs is 1. The molecule has 1 spiro atoms. The molecule has 3 fully saturated rings. The number of aromatic nitrogens is 1. The van der Waals surface area contributed by atoms with Crippen molar-refractivity contribution in [3.8, 4) is 0 Å². The van der Waals surface area contributed by atoms with E-state index in [9.17, 15) is 14.4 Å². The molecule has 158 valence electrons. The van der Waals surface area contributed by atoms with Crippen LogP contribution in [0, 0.1) is 0 Å². The summed E-state index contributed by atoms with van der Waals surface area (Å²) in [5, 5.41) is 3.97. The van der Waals surface area contributed by atoms with Crippen LogP contribution in [-0.2, 0) is 9.59 Å². The first kappa shape index (κ1) is 19.5. The lowest BCUT2D eigenvalue weighted by Crippen LogP contribution is -2.44. The normalized spacial score (nSPS) is 23.5. The standard InChI is InChI=1S/C22H26N4O3S/c27-18(9-13-26-20(28)22(24-21(26)29)10-3-4-11-22)25-12-5-6-15(14-25)19-23-16-7-1-2-8-17(16)30-19/h1-2,7-8,15H,3-6,9-14H2,(H,24,29). The molecule has 3 aliphatic rings. The van der Waals surface area contributed by atoms with Gasteiger partial charge in [-0.1, -0.05) is 25.0 Å². The first-order valence-electron chi connectivity index (χ1n) is 10.8. The highest BCUT2D eigenvalue weighted by molar-refractivity contribution is 7.18. The van der Waals surface area contributed by atoms with Gasteiger partial charge in [-0.3, -0.25) is 14.5 Å². The molecule has 0 radical (unpaired) electrons. The van der Waals surface area contributed by atoms with Crippen LogP contribution in [0.1, 0.15) is 55.9 Å². The Morgan fingerprint density at radius 1 is 1.20 bits per heavy atom. The van der Waals surface area contributed by atoms with E-state index in [2.05, 4.69) is 11.4 Å². The Hall–Kier alpha value is -2.48. The quantitative estimate of drug-likeness (QED) is 0.761. The van der Waals surface area contributed by atoms with Crippen molar-refractivity contribution in [1.82, 2.24) is 20.1 Å². The van der Waals surface area contributed by atoms with E-state index in [4.69, 9.17) is 4.98 Å². The van der Waals surface area contributed by atoms with E-state index in [1.807, 2.05) is 23.1 Å². The molecule has 0 bridgehead atoms. The van der Waals surface area contributed by atoms with Crippen molar-refractivity contribution < 1.29 is 14.4 Å². The van der Waals surface area contributed by atoms with Gasteiger partial charge in [0.25, 0.3) is 5.91 Å². The van der Waals surface area contributed by atoms with E-state index in [0.717, 1.165) is 42.8 Å². The molecule has 2 aromatic rings. The second kappa shape index (κ2) is 7.65. The average molecular weight is 427 g/mol. The molecule has 1 unspecified atom stereocenters. The maximum absolute atomic E-state index is 12.9. The van der Waals surface area contributed by atoms with Gasteiger partial charge in [-0.15, -0.1) is 11.3 Å². The zero-order valence-electron chi connectivity index (χ0n) is 16.9. The van der Waals surface area contributed by atoms with Crippen molar-refractivity contribution in [3.05, 3.63) is 29.3 Å². The molecule has 3 heterocycles. The summed E-state index contributed by atoms with van der Waals surface area (Å²) in [6.45, 7) is 1.54. The van der Waals surface area contributed by atoms with E-state index < -0.39 is 5.54 Å². The number of carbonyl (C=O) groups is 3. The summed E-state index contributed by atoms with van der Waals surface area (Å²) in [5.41, 5.74) is 0.309. The highest BCUT2D eigenvalue weighted by atomic mass is 32.1. The van der Waals surface area contributed by atoms with Crippen LogP contribution in [0.5, 0.6) is 0 Å². The van der Waals surface area contributed by atoms with Crippen LogP contribution in [0.2, 0.25) is 0 Å². The van der Waals surface area contributed by atoms with Gasteiger partial charge in [0.05, 0.1) is 15.2 Å². The number of piperidine rings is 1. The predicted molar refractivity (Wildman–Crippen MR) is 114 cm³/mol. The minimum Gasteiger partial charge on any atom is -0.342 e. The van der Waals surface area contributed by atoms with Gasteiger partial charge in [0.15, 0.2) is 0 Å². The maximum Gasteiger partial charge on any atom is 0.325 e. The number of imide groups is 1. The Morgan fingerprint density at radius 2 is 2.00 bits per heavy atom. The number of amides is 4. The number of para-hydroxylation sites is 1. The number of likely N-dealkylation sites (tertiary alicyclic amines) is 1. The molecule has 1 atom stereocenters. The number of thiazole rings is 1. The summed E-state index contributed by atoms with van der Waals surface area (Å²) in [5.74, 6) is 0.108. The van der Waals surface area contributed by atoms with Crippen LogP contribution in [0.3, 0.4) is 0 Å². The van der Waals surface area contributed by atoms with Crippen molar-refractivity contribution in [3.63, 3.8) is 0 Å². The third-order valence-electron chi connectivity index (χ3n) is 6.69. The van der Waals surface area contributed by atoms with Gasteiger partial charge in [0.2, 0.25) is 5.91 Å². The Bertz CT molecular complexity index is 964. The minimum atomic E-state index is -0.705. The lowest BCUT2D eigenvalue weighted by atomic mass is 9.98. The fraction of sp³-hybridized carbons (Fsp3) is 0.545. The molecule has 2 aliphatic heterocycles. The molecule has 1 aliphatic carbocycles.